The number of benzene rings is 1. The molecule has 0 aliphatic carbocycles. The lowest BCUT2D eigenvalue weighted by Gasteiger charge is -2.09. The van der Waals surface area contributed by atoms with E-state index >= 15 is 0 Å². The fourth-order valence-corrected chi connectivity index (χ4v) is 2.06. The molecule has 0 spiro atoms. The minimum atomic E-state index is -0.906. The zero-order valence-corrected chi connectivity index (χ0v) is 13.4. The smallest absolute Gasteiger partial charge is 0.342 e. The number of esters is 1. The summed E-state index contributed by atoms with van der Waals surface area (Å²) in [5, 5.41) is 3.75. The van der Waals surface area contributed by atoms with Gasteiger partial charge < -0.3 is 9.26 Å². The van der Waals surface area contributed by atoms with Crippen LogP contribution in [0.25, 0.3) is 11.4 Å². The predicted octanol–water partition coefficient (Wildman–Crippen LogP) is 3.64. The molecule has 1 atom stereocenters. The van der Waals surface area contributed by atoms with Gasteiger partial charge >= 0.3 is 5.97 Å². The molecule has 6 nitrogen and oxygen atoms in total. The quantitative estimate of drug-likeness (QED) is 0.672. The third-order valence-corrected chi connectivity index (χ3v) is 3.50. The molecular weight excluding hydrogens is 332 g/mol. The summed E-state index contributed by atoms with van der Waals surface area (Å²) in [6.07, 6.45) is 1.29. The summed E-state index contributed by atoms with van der Waals surface area (Å²) in [5.74, 6) is -1.89. The van der Waals surface area contributed by atoms with E-state index in [1.54, 1.807) is 19.1 Å². The first-order chi connectivity index (χ1) is 12.0. The minimum absolute atomic E-state index is 0.0128. The van der Waals surface area contributed by atoms with E-state index in [1.165, 1.54) is 25.3 Å². The summed E-state index contributed by atoms with van der Waals surface area (Å²) < 4.78 is 37.3. The number of carbonyl (C=O) groups excluding carboxylic acids is 1. The predicted molar refractivity (Wildman–Crippen MR) is 82.5 cm³/mol. The van der Waals surface area contributed by atoms with Gasteiger partial charge in [0.1, 0.15) is 5.82 Å². The normalized spacial score (nSPS) is 12.0. The number of halogens is 2. The highest BCUT2D eigenvalue weighted by atomic mass is 19.1. The van der Waals surface area contributed by atoms with E-state index in [2.05, 4.69) is 15.1 Å². The van der Waals surface area contributed by atoms with Crippen LogP contribution in [0, 0.1) is 18.6 Å². The molecule has 0 radical (unpaired) electrons. The van der Waals surface area contributed by atoms with Gasteiger partial charge in [0.25, 0.3) is 5.89 Å². The van der Waals surface area contributed by atoms with Crippen molar-refractivity contribution in [1.29, 1.82) is 0 Å². The van der Waals surface area contributed by atoms with Crippen molar-refractivity contribution in [1.82, 2.24) is 15.1 Å². The number of nitrogens with zero attached hydrogens (tertiary/aromatic N) is 3. The summed E-state index contributed by atoms with van der Waals surface area (Å²) in [6.45, 7) is 3.14. The van der Waals surface area contributed by atoms with Gasteiger partial charge in [-0.05, 0) is 31.5 Å². The Morgan fingerprint density at radius 3 is 2.76 bits per heavy atom. The van der Waals surface area contributed by atoms with Crippen LogP contribution in [-0.2, 0) is 4.74 Å². The highest BCUT2D eigenvalue weighted by Crippen LogP contribution is 2.23. The van der Waals surface area contributed by atoms with Gasteiger partial charge in [0.05, 0.1) is 11.8 Å². The lowest BCUT2D eigenvalue weighted by Crippen LogP contribution is -2.11. The van der Waals surface area contributed by atoms with Crippen LogP contribution in [0.5, 0.6) is 0 Å². The van der Waals surface area contributed by atoms with Crippen molar-refractivity contribution in [2.24, 2.45) is 0 Å². The lowest BCUT2D eigenvalue weighted by molar-refractivity contribution is 0.0260. The van der Waals surface area contributed by atoms with Gasteiger partial charge in [-0.1, -0.05) is 17.3 Å². The van der Waals surface area contributed by atoms with Crippen LogP contribution < -0.4 is 0 Å². The first-order valence-corrected chi connectivity index (χ1v) is 7.36. The molecule has 0 saturated carbocycles. The SMILES string of the molecule is Cc1ccc(-c2noc(C(C)OC(=O)c3ccncc3F)n2)cc1F. The molecule has 3 aromatic rings. The molecule has 1 aromatic carbocycles. The molecule has 25 heavy (non-hydrogen) atoms. The molecule has 0 saturated heterocycles. The first kappa shape index (κ1) is 16.7. The molecule has 2 aromatic heterocycles. The third-order valence-electron chi connectivity index (χ3n) is 3.50. The van der Waals surface area contributed by atoms with Crippen molar-refractivity contribution in [2.45, 2.75) is 20.0 Å². The number of aromatic nitrogens is 3. The molecule has 8 heteroatoms. The zero-order chi connectivity index (χ0) is 18.0. The van der Waals surface area contributed by atoms with Gasteiger partial charge in [-0.3, -0.25) is 4.98 Å². The molecule has 0 amide bonds. The Morgan fingerprint density at radius 2 is 2.04 bits per heavy atom. The Hall–Kier alpha value is -3.16. The molecule has 0 aliphatic rings. The Labute approximate surface area is 141 Å². The molecule has 1 unspecified atom stereocenters. The fraction of sp³-hybridized carbons (Fsp3) is 0.176. The number of ether oxygens (including phenoxy) is 1. The van der Waals surface area contributed by atoms with Gasteiger partial charge in [-0.15, -0.1) is 0 Å². The van der Waals surface area contributed by atoms with E-state index in [9.17, 15) is 13.6 Å². The van der Waals surface area contributed by atoms with Crippen LogP contribution in [0.3, 0.4) is 0 Å². The van der Waals surface area contributed by atoms with Crippen LogP contribution in [0.1, 0.15) is 34.8 Å². The van der Waals surface area contributed by atoms with E-state index < -0.39 is 23.7 Å². The second kappa shape index (κ2) is 6.76. The van der Waals surface area contributed by atoms with Crippen LogP contribution in [0.4, 0.5) is 8.78 Å². The molecule has 3 rings (SSSR count). The molecule has 0 bridgehead atoms. The Morgan fingerprint density at radius 1 is 1.24 bits per heavy atom. The topological polar surface area (TPSA) is 78.1 Å². The maximum absolute atomic E-state index is 13.6. The maximum Gasteiger partial charge on any atom is 0.342 e. The van der Waals surface area contributed by atoms with Crippen molar-refractivity contribution in [3.63, 3.8) is 0 Å². The van der Waals surface area contributed by atoms with Crippen LogP contribution >= 0.6 is 0 Å². The van der Waals surface area contributed by atoms with E-state index in [4.69, 9.17) is 9.26 Å². The second-order valence-corrected chi connectivity index (χ2v) is 5.32. The van der Waals surface area contributed by atoms with E-state index in [0.717, 1.165) is 6.20 Å². The van der Waals surface area contributed by atoms with Gasteiger partial charge in [0.2, 0.25) is 5.82 Å². The summed E-state index contributed by atoms with van der Waals surface area (Å²) in [5.41, 5.74) is 0.674. The Balaban J connectivity index is 1.76. The number of carbonyl (C=O) groups is 1. The first-order valence-electron chi connectivity index (χ1n) is 7.36. The highest BCUT2D eigenvalue weighted by molar-refractivity contribution is 5.89. The second-order valence-electron chi connectivity index (χ2n) is 5.32. The molecule has 0 N–H and O–H groups in total. The molecule has 128 valence electrons. The number of hydrogen-bond acceptors (Lipinski definition) is 6. The maximum atomic E-state index is 13.6. The Kier molecular flexibility index (Phi) is 4.51. The standard InChI is InChI=1S/C17H13F2N3O3/c1-9-3-4-11(7-13(9)18)15-21-16(25-22-15)10(2)24-17(23)12-5-6-20-8-14(12)19/h3-8,10H,1-2H3. The number of aryl methyl sites for hydroxylation is 1. The summed E-state index contributed by atoms with van der Waals surface area (Å²) >= 11 is 0. The van der Waals surface area contributed by atoms with E-state index in [1.807, 2.05) is 0 Å². The highest BCUT2D eigenvalue weighted by Gasteiger charge is 2.22. The Bertz CT molecular complexity index is 927. The third kappa shape index (κ3) is 3.52. The largest absolute Gasteiger partial charge is 0.449 e. The van der Waals surface area contributed by atoms with E-state index in [-0.39, 0.29) is 17.3 Å². The fourth-order valence-electron chi connectivity index (χ4n) is 2.06. The van der Waals surface area contributed by atoms with Crippen LogP contribution in [-0.4, -0.2) is 21.1 Å². The van der Waals surface area contributed by atoms with Gasteiger partial charge in [-0.2, -0.15) is 4.98 Å². The summed E-state index contributed by atoms with van der Waals surface area (Å²) in [4.78, 5) is 19.6. The zero-order valence-electron chi connectivity index (χ0n) is 13.4. The monoisotopic (exact) mass is 345 g/mol. The summed E-state index contributed by atoms with van der Waals surface area (Å²) in [6, 6.07) is 5.73. The van der Waals surface area contributed by atoms with Crippen molar-refractivity contribution in [2.75, 3.05) is 0 Å². The average Bonchev–Trinajstić information content (AvgIpc) is 3.08. The number of hydrogen-bond donors (Lipinski definition) is 0. The molecule has 0 fully saturated rings. The molecular formula is C17H13F2N3O3. The van der Waals surface area contributed by atoms with Crippen LogP contribution in [0.2, 0.25) is 0 Å². The lowest BCUT2D eigenvalue weighted by atomic mass is 10.1. The van der Waals surface area contributed by atoms with Crippen molar-refractivity contribution < 1.29 is 22.8 Å². The number of rotatable bonds is 4. The molecule has 2 heterocycles. The minimum Gasteiger partial charge on any atom is -0.449 e. The average molecular weight is 345 g/mol. The summed E-state index contributed by atoms with van der Waals surface area (Å²) in [7, 11) is 0. The van der Waals surface area contributed by atoms with Crippen molar-refractivity contribution in [3.8, 4) is 11.4 Å². The van der Waals surface area contributed by atoms with Crippen molar-refractivity contribution in [3.05, 3.63) is 65.3 Å². The van der Waals surface area contributed by atoms with Gasteiger partial charge in [-0.25, -0.2) is 13.6 Å². The molecule has 0 aliphatic heterocycles. The number of pyridine rings is 1. The van der Waals surface area contributed by atoms with E-state index in [0.29, 0.717) is 11.1 Å². The van der Waals surface area contributed by atoms with Gasteiger partial charge in [0, 0.05) is 11.8 Å². The van der Waals surface area contributed by atoms with Crippen molar-refractivity contribution >= 4 is 5.97 Å². The van der Waals surface area contributed by atoms with Gasteiger partial charge in [0.15, 0.2) is 11.9 Å². The van der Waals surface area contributed by atoms with Crippen LogP contribution in [0.15, 0.2) is 41.2 Å².